The molecule has 1 N–H and O–H groups in total. The maximum absolute atomic E-state index is 13.2. The number of carbonyl (C=O) groups is 1. The van der Waals surface area contributed by atoms with E-state index < -0.39 is 23.4 Å². The van der Waals surface area contributed by atoms with E-state index in [0.717, 1.165) is 18.2 Å². The number of hydrogen-bond acceptors (Lipinski definition) is 4. The first-order valence-corrected chi connectivity index (χ1v) is 6.62. The van der Waals surface area contributed by atoms with Gasteiger partial charge in [0.15, 0.2) is 0 Å². The second kappa shape index (κ2) is 5.98. The van der Waals surface area contributed by atoms with Gasteiger partial charge in [-0.15, -0.1) is 0 Å². The second-order valence-corrected chi connectivity index (χ2v) is 5.39. The molecule has 1 heterocycles. The highest BCUT2D eigenvalue weighted by atomic mass is 35.5. The highest BCUT2D eigenvalue weighted by Gasteiger charge is 2.22. The van der Waals surface area contributed by atoms with E-state index in [1.165, 1.54) is 26.0 Å². The Morgan fingerprint density at radius 1 is 1.23 bits per heavy atom. The maximum Gasteiger partial charge on any atom is 0.343 e. The van der Waals surface area contributed by atoms with Gasteiger partial charge in [0.1, 0.15) is 16.8 Å². The van der Waals surface area contributed by atoms with Crippen LogP contribution in [0.1, 0.15) is 24.2 Å². The third kappa shape index (κ3) is 3.99. The van der Waals surface area contributed by atoms with E-state index >= 15 is 0 Å². The predicted octanol–water partition coefficient (Wildman–Crippen LogP) is 3.57. The number of pyridine rings is 1. The van der Waals surface area contributed by atoms with Gasteiger partial charge in [0.05, 0.1) is 11.3 Å². The lowest BCUT2D eigenvalue weighted by atomic mass is 10.1. The molecule has 2 rings (SSSR count). The number of benzene rings is 1. The molecule has 2 aromatic rings. The molecule has 0 fully saturated rings. The van der Waals surface area contributed by atoms with E-state index in [-0.39, 0.29) is 22.0 Å². The Kier molecular flexibility index (Phi) is 4.44. The monoisotopic (exact) mass is 327 g/mol. The Morgan fingerprint density at radius 2 is 1.82 bits per heavy atom. The van der Waals surface area contributed by atoms with Crippen LogP contribution in [0.5, 0.6) is 0 Å². The number of esters is 1. The molecule has 7 heteroatoms. The first kappa shape index (κ1) is 16.3. The minimum Gasteiger partial charge on any atom is -0.430 e. The molecule has 0 aliphatic rings. The lowest BCUT2D eigenvalue weighted by Crippen LogP contribution is -2.27. The Labute approximate surface area is 130 Å². The molecule has 1 aromatic heterocycles. The summed E-state index contributed by atoms with van der Waals surface area (Å²) in [5.74, 6) is -4.02. The summed E-state index contributed by atoms with van der Waals surface area (Å²) in [5, 5.41) is 9.25. The minimum absolute atomic E-state index is 0.0654. The van der Waals surface area contributed by atoms with Gasteiger partial charge in [-0.25, -0.2) is 18.6 Å². The number of carbonyl (C=O) groups excluding carboxylic acids is 1. The molecule has 0 radical (unpaired) electrons. The molecule has 22 heavy (non-hydrogen) atoms. The van der Waals surface area contributed by atoms with E-state index in [2.05, 4.69) is 4.98 Å². The lowest BCUT2D eigenvalue weighted by Gasteiger charge is -2.18. The summed E-state index contributed by atoms with van der Waals surface area (Å²) in [6.45, 7) is 2.58. The number of ether oxygens (including phenoxy) is 1. The van der Waals surface area contributed by atoms with Crippen LogP contribution in [-0.2, 0) is 4.74 Å². The van der Waals surface area contributed by atoms with Gasteiger partial charge >= 0.3 is 5.97 Å². The summed E-state index contributed by atoms with van der Waals surface area (Å²) in [7, 11) is 0. The van der Waals surface area contributed by atoms with Gasteiger partial charge in [-0.2, -0.15) is 0 Å². The molecule has 4 nitrogen and oxygen atoms in total. The van der Waals surface area contributed by atoms with Crippen molar-refractivity contribution in [3.63, 3.8) is 0 Å². The second-order valence-electron chi connectivity index (χ2n) is 5.03. The molecule has 0 unspecified atom stereocenters. The Bertz CT molecular complexity index is 709. The van der Waals surface area contributed by atoms with E-state index in [0.29, 0.717) is 0 Å². The third-order valence-electron chi connectivity index (χ3n) is 2.57. The summed E-state index contributed by atoms with van der Waals surface area (Å²) in [6, 6.07) is 5.61. The van der Waals surface area contributed by atoms with E-state index in [4.69, 9.17) is 16.3 Å². The highest BCUT2D eigenvalue weighted by Crippen LogP contribution is 2.24. The van der Waals surface area contributed by atoms with Crippen molar-refractivity contribution < 1.29 is 23.4 Å². The van der Waals surface area contributed by atoms with Crippen LogP contribution in [0.25, 0.3) is 11.3 Å². The van der Waals surface area contributed by atoms with Crippen LogP contribution < -0.4 is 0 Å². The molecule has 0 saturated heterocycles. The largest absolute Gasteiger partial charge is 0.430 e. The summed E-state index contributed by atoms with van der Waals surface area (Å²) in [6.07, 6.45) is 0. The topological polar surface area (TPSA) is 59.4 Å². The maximum atomic E-state index is 13.2. The fraction of sp³-hybridized carbons (Fsp3) is 0.200. The molecule has 0 spiro atoms. The molecule has 1 aromatic carbocycles. The smallest absolute Gasteiger partial charge is 0.343 e. The number of nitrogens with zero attached hydrogens (tertiary/aromatic N) is 1. The summed E-state index contributed by atoms with van der Waals surface area (Å²) in [4.78, 5) is 15.7. The van der Waals surface area contributed by atoms with Crippen LogP contribution in [0.2, 0.25) is 5.15 Å². The zero-order chi connectivity index (χ0) is 16.5. The number of rotatable bonds is 3. The zero-order valence-corrected chi connectivity index (χ0v) is 12.5. The van der Waals surface area contributed by atoms with Gasteiger partial charge in [-0.1, -0.05) is 11.6 Å². The van der Waals surface area contributed by atoms with Gasteiger partial charge in [-0.3, -0.25) is 0 Å². The van der Waals surface area contributed by atoms with Crippen LogP contribution >= 0.6 is 11.6 Å². The van der Waals surface area contributed by atoms with Crippen LogP contribution in [0, 0.1) is 11.6 Å². The molecule has 0 bridgehead atoms. The molecule has 0 saturated carbocycles. The summed E-state index contributed by atoms with van der Waals surface area (Å²) < 4.78 is 31.2. The van der Waals surface area contributed by atoms with Crippen molar-refractivity contribution in [2.24, 2.45) is 0 Å². The summed E-state index contributed by atoms with van der Waals surface area (Å²) >= 11 is 5.90. The standard InChI is InChI=1S/C15H12ClF2NO3/c1-15(2,21)22-14(20)11-3-4-12(19-13(11)16)8-5-9(17)7-10(18)6-8/h3-7,21H,1-2H3. The van der Waals surface area contributed by atoms with Crippen LogP contribution in [0.4, 0.5) is 8.78 Å². The number of aromatic nitrogens is 1. The van der Waals surface area contributed by atoms with Gasteiger partial charge in [0, 0.05) is 25.5 Å². The quantitative estimate of drug-likeness (QED) is 0.532. The van der Waals surface area contributed by atoms with Crippen molar-refractivity contribution >= 4 is 17.6 Å². The fourth-order valence-corrected chi connectivity index (χ4v) is 1.96. The van der Waals surface area contributed by atoms with Crippen molar-refractivity contribution in [2.75, 3.05) is 0 Å². The number of aliphatic hydroxyl groups is 1. The first-order chi connectivity index (χ1) is 10.2. The minimum atomic E-state index is -1.66. The number of hydrogen-bond donors (Lipinski definition) is 1. The Hall–Kier alpha value is -2.05. The first-order valence-electron chi connectivity index (χ1n) is 6.24. The van der Waals surface area contributed by atoms with Crippen LogP contribution in [0.15, 0.2) is 30.3 Å². The number of halogens is 3. The fourth-order valence-electron chi connectivity index (χ4n) is 1.73. The van der Waals surface area contributed by atoms with Crippen molar-refractivity contribution in [3.05, 3.63) is 52.7 Å². The summed E-state index contributed by atoms with van der Waals surface area (Å²) in [5.41, 5.74) is 0.314. The van der Waals surface area contributed by atoms with Crippen molar-refractivity contribution in [2.45, 2.75) is 19.6 Å². The molecular weight excluding hydrogens is 316 g/mol. The SMILES string of the molecule is CC(C)(O)OC(=O)c1ccc(-c2cc(F)cc(F)c2)nc1Cl. The van der Waals surface area contributed by atoms with Crippen LogP contribution in [0.3, 0.4) is 0 Å². The van der Waals surface area contributed by atoms with E-state index in [1.807, 2.05) is 0 Å². The van der Waals surface area contributed by atoms with Crippen LogP contribution in [-0.4, -0.2) is 21.8 Å². The van der Waals surface area contributed by atoms with E-state index in [1.54, 1.807) is 0 Å². The normalized spacial score (nSPS) is 11.4. The molecule has 116 valence electrons. The molecular formula is C15H12ClF2NO3. The zero-order valence-electron chi connectivity index (χ0n) is 11.7. The van der Waals surface area contributed by atoms with Crippen molar-refractivity contribution in [1.82, 2.24) is 4.98 Å². The highest BCUT2D eigenvalue weighted by molar-refractivity contribution is 6.32. The lowest BCUT2D eigenvalue weighted by molar-refractivity contribution is -0.136. The van der Waals surface area contributed by atoms with Crippen molar-refractivity contribution in [3.8, 4) is 11.3 Å². The van der Waals surface area contributed by atoms with E-state index in [9.17, 15) is 18.7 Å². The molecule has 0 atom stereocenters. The van der Waals surface area contributed by atoms with Crippen molar-refractivity contribution in [1.29, 1.82) is 0 Å². The average molecular weight is 328 g/mol. The molecule has 0 aliphatic carbocycles. The third-order valence-corrected chi connectivity index (χ3v) is 2.86. The average Bonchev–Trinajstić information content (AvgIpc) is 2.35. The molecule has 0 aliphatic heterocycles. The predicted molar refractivity (Wildman–Crippen MR) is 76.3 cm³/mol. The van der Waals surface area contributed by atoms with Gasteiger partial charge in [0.2, 0.25) is 5.79 Å². The Morgan fingerprint density at radius 3 is 2.32 bits per heavy atom. The molecule has 0 amide bonds. The van der Waals surface area contributed by atoms with Gasteiger partial charge in [-0.05, 0) is 24.3 Å². The Balaban J connectivity index is 2.35. The van der Waals surface area contributed by atoms with Gasteiger partial charge in [0.25, 0.3) is 0 Å². The van der Waals surface area contributed by atoms with Gasteiger partial charge < -0.3 is 9.84 Å².